The van der Waals surface area contributed by atoms with E-state index in [-0.39, 0.29) is 16.8 Å². The highest BCUT2D eigenvalue weighted by atomic mass is 16.6. The van der Waals surface area contributed by atoms with Crippen molar-refractivity contribution >= 4 is 0 Å². The highest BCUT2D eigenvalue weighted by Crippen LogP contribution is 2.33. The second-order valence-corrected chi connectivity index (χ2v) is 6.25. The predicted octanol–water partition coefficient (Wildman–Crippen LogP) is 5.13. The molecule has 0 amide bonds. The molecule has 0 fully saturated rings. The van der Waals surface area contributed by atoms with Gasteiger partial charge in [0.1, 0.15) is 0 Å². The Labute approximate surface area is 139 Å². The van der Waals surface area contributed by atoms with E-state index >= 15 is 0 Å². The average Bonchev–Trinajstić information content (AvgIpc) is 2.57. The third-order valence-electron chi connectivity index (χ3n) is 4.40. The Hall–Kier alpha value is -1.89. The summed E-state index contributed by atoms with van der Waals surface area (Å²) in [6, 6.07) is 12.3. The monoisotopic (exact) mass is 315 g/mol. The quantitative estimate of drug-likeness (QED) is 0.323. The minimum atomic E-state index is -0.683. The molecule has 0 bridgehead atoms. The lowest BCUT2D eigenvalue weighted by molar-refractivity contribution is -0.519. The van der Waals surface area contributed by atoms with E-state index in [9.17, 15) is 15.4 Å². The van der Waals surface area contributed by atoms with Gasteiger partial charge in [0.2, 0.25) is 6.04 Å². The number of hydrogen-bond acceptors (Lipinski definition) is 3. The van der Waals surface area contributed by atoms with Crippen molar-refractivity contribution < 1.29 is 4.92 Å². The van der Waals surface area contributed by atoms with Crippen molar-refractivity contribution in [1.82, 2.24) is 0 Å². The third kappa shape index (κ3) is 6.81. The standard InChI is InChI=1S/C19H27N2O2/c1-3-4-5-6-10-13-19(17-11-8-7-9-12-17)18(15-20)14-16(2)21(22)23/h8-9,11-12,16,18-19H,3-6,10,13-14H2,1-2H3. The highest BCUT2D eigenvalue weighted by Gasteiger charge is 2.28. The fourth-order valence-corrected chi connectivity index (χ4v) is 2.98. The van der Waals surface area contributed by atoms with E-state index < -0.39 is 6.04 Å². The SMILES string of the molecule is CCCCCCCC(c1cc[c]cc1)C(C#N)CC(C)[N+](=O)[O-]. The van der Waals surface area contributed by atoms with Crippen LogP contribution in [0.1, 0.15) is 70.3 Å². The summed E-state index contributed by atoms with van der Waals surface area (Å²) < 4.78 is 0. The van der Waals surface area contributed by atoms with Gasteiger partial charge in [-0.05, 0) is 24.0 Å². The predicted molar refractivity (Wildman–Crippen MR) is 91.6 cm³/mol. The summed E-state index contributed by atoms with van der Waals surface area (Å²) in [5, 5.41) is 20.5. The van der Waals surface area contributed by atoms with E-state index in [4.69, 9.17) is 0 Å². The van der Waals surface area contributed by atoms with Crippen molar-refractivity contribution in [2.24, 2.45) is 5.92 Å². The lowest BCUT2D eigenvalue weighted by atomic mass is 9.80. The zero-order chi connectivity index (χ0) is 17.1. The van der Waals surface area contributed by atoms with E-state index in [1.807, 2.05) is 24.3 Å². The molecule has 0 saturated heterocycles. The van der Waals surface area contributed by atoms with Crippen LogP contribution in [0.25, 0.3) is 0 Å². The Bertz CT molecular complexity index is 496. The lowest BCUT2D eigenvalue weighted by Gasteiger charge is -2.23. The molecule has 23 heavy (non-hydrogen) atoms. The fourth-order valence-electron chi connectivity index (χ4n) is 2.98. The van der Waals surface area contributed by atoms with Crippen molar-refractivity contribution in [3.8, 4) is 6.07 Å². The molecule has 4 nitrogen and oxygen atoms in total. The Morgan fingerprint density at radius 2 is 1.91 bits per heavy atom. The maximum atomic E-state index is 10.9. The molecule has 0 aliphatic carbocycles. The van der Waals surface area contributed by atoms with Gasteiger partial charge in [0.25, 0.3) is 0 Å². The Balaban J connectivity index is 2.76. The van der Waals surface area contributed by atoms with E-state index in [1.165, 1.54) is 19.3 Å². The van der Waals surface area contributed by atoms with Gasteiger partial charge in [0, 0.05) is 18.3 Å². The van der Waals surface area contributed by atoms with Gasteiger partial charge in [-0.15, -0.1) is 0 Å². The first-order valence-corrected chi connectivity index (χ1v) is 8.59. The molecule has 1 aromatic rings. The fraction of sp³-hybridized carbons (Fsp3) is 0.632. The molecule has 0 aliphatic rings. The van der Waals surface area contributed by atoms with Crippen LogP contribution in [0.2, 0.25) is 0 Å². The molecule has 3 atom stereocenters. The third-order valence-corrected chi connectivity index (χ3v) is 4.40. The molecule has 1 aromatic carbocycles. The minimum Gasteiger partial charge on any atom is -0.264 e. The molecule has 3 unspecified atom stereocenters. The molecule has 0 spiro atoms. The van der Waals surface area contributed by atoms with Gasteiger partial charge in [-0.25, -0.2) is 0 Å². The summed E-state index contributed by atoms with van der Waals surface area (Å²) >= 11 is 0. The number of nitrogens with zero attached hydrogens (tertiary/aromatic N) is 2. The smallest absolute Gasteiger partial charge is 0.211 e. The Kier molecular flexibility index (Phi) is 8.97. The number of unbranched alkanes of at least 4 members (excludes halogenated alkanes) is 4. The second kappa shape index (κ2) is 10.8. The van der Waals surface area contributed by atoms with Crippen LogP contribution in [0, 0.1) is 33.4 Å². The molecule has 0 N–H and O–H groups in total. The molecule has 0 aromatic heterocycles. The van der Waals surface area contributed by atoms with Gasteiger partial charge in [0.05, 0.1) is 12.0 Å². The van der Waals surface area contributed by atoms with Crippen LogP contribution < -0.4 is 0 Å². The zero-order valence-electron chi connectivity index (χ0n) is 14.2. The Morgan fingerprint density at radius 1 is 1.26 bits per heavy atom. The molecular formula is C19H27N2O2. The van der Waals surface area contributed by atoms with Crippen molar-refractivity contribution in [2.75, 3.05) is 0 Å². The van der Waals surface area contributed by atoms with E-state index in [0.717, 1.165) is 24.8 Å². The molecule has 1 radical (unpaired) electrons. The van der Waals surface area contributed by atoms with Crippen molar-refractivity contribution in [1.29, 1.82) is 5.26 Å². The van der Waals surface area contributed by atoms with Crippen LogP contribution in [0.5, 0.6) is 0 Å². The van der Waals surface area contributed by atoms with Crippen molar-refractivity contribution in [3.05, 3.63) is 46.0 Å². The molecule has 0 aliphatic heterocycles. The normalized spacial score (nSPS) is 14.7. The van der Waals surface area contributed by atoms with Crippen LogP contribution in [-0.4, -0.2) is 11.0 Å². The van der Waals surface area contributed by atoms with Crippen LogP contribution in [0.4, 0.5) is 0 Å². The van der Waals surface area contributed by atoms with Crippen LogP contribution in [0.15, 0.2) is 24.3 Å². The second-order valence-electron chi connectivity index (χ2n) is 6.25. The Morgan fingerprint density at radius 3 is 2.48 bits per heavy atom. The van der Waals surface area contributed by atoms with Gasteiger partial charge in [-0.1, -0.05) is 63.3 Å². The van der Waals surface area contributed by atoms with Crippen LogP contribution >= 0.6 is 0 Å². The van der Waals surface area contributed by atoms with E-state index in [2.05, 4.69) is 19.1 Å². The number of nitriles is 1. The van der Waals surface area contributed by atoms with Crippen molar-refractivity contribution in [3.63, 3.8) is 0 Å². The summed E-state index contributed by atoms with van der Waals surface area (Å²) in [6.07, 6.45) is 7.11. The van der Waals surface area contributed by atoms with Gasteiger partial charge in [0.15, 0.2) is 0 Å². The molecule has 1 rings (SSSR count). The summed E-state index contributed by atoms with van der Waals surface area (Å²) in [4.78, 5) is 10.6. The van der Waals surface area contributed by atoms with Gasteiger partial charge < -0.3 is 0 Å². The first-order chi connectivity index (χ1) is 11.1. The van der Waals surface area contributed by atoms with Gasteiger partial charge in [-0.3, -0.25) is 10.1 Å². The minimum absolute atomic E-state index is 0.0682. The van der Waals surface area contributed by atoms with Crippen LogP contribution in [0.3, 0.4) is 0 Å². The first-order valence-electron chi connectivity index (χ1n) is 8.59. The van der Waals surface area contributed by atoms with E-state index in [1.54, 1.807) is 6.92 Å². The number of nitro groups is 1. The zero-order valence-corrected chi connectivity index (χ0v) is 14.2. The molecule has 0 saturated carbocycles. The summed E-state index contributed by atoms with van der Waals surface area (Å²) in [5.41, 5.74) is 1.10. The number of benzene rings is 1. The largest absolute Gasteiger partial charge is 0.264 e. The first kappa shape index (κ1) is 19.2. The number of hydrogen-bond donors (Lipinski definition) is 0. The van der Waals surface area contributed by atoms with Gasteiger partial charge in [-0.2, -0.15) is 5.26 Å². The topological polar surface area (TPSA) is 66.9 Å². The number of rotatable bonds is 11. The molecule has 4 heteroatoms. The summed E-state index contributed by atoms with van der Waals surface area (Å²) in [7, 11) is 0. The summed E-state index contributed by atoms with van der Waals surface area (Å²) in [5.74, 6) is -0.248. The van der Waals surface area contributed by atoms with E-state index in [0.29, 0.717) is 6.42 Å². The average molecular weight is 315 g/mol. The maximum absolute atomic E-state index is 10.9. The summed E-state index contributed by atoms with van der Waals surface area (Å²) in [6.45, 7) is 3.77. The lowest BCUT2D eigenvalue weighted by Crippen LogP contribution is -2.22. The highest BCUT2D eigenvalue weighted by molar-refractivity contribution is 5.21. The molecule has 125 valence electrons. The van der Waals surface area contributed by atoms with Crippen LogP contribution in [-0.2, 0) is 0 Å². The van der Waals surface area contributed by atoms with Crippen molar-refractivity contribution in [2.45, 2.75) is 70.8 Å². The van der Waals surface area contributed by atoms with Gasteiger partial charge >= 0.3 is 0 Å². The molecule has 0 heterocycles. The molecular weight excluding hydrogens is 288 g/mol. The maximum Gasteiger partial charge on any atom is 0.211 e.